The van der Waals surface area contributed by atoms with E-state index in [0.29, 0.717) is 19.4 Å². The van der Waals surface area contributed by atoms with Crippen molar-refractivity contribution in [2.45, 2.75) is 82.3 Å². The number of anilines is 1. The smallest absolute Gasteiger partial charge is 0.247 e. The number of carbonyl (C=O) groups is 1. The van der Waals surface area contributed by atoms with Gasteiger partial charge in [0, 0.05) is 31.1 Å². The van der Waals surface area contributed by atoms with Crippen molar-refractivity contribution in [3.8, 4) is 0 Å². The van der Waals surface area contributed by atoms with Gasteiger partial charge in [-0.25, -0.2) is 5.01 Å². The number of aromatic nitrogens is 3. The van der Waals surface area contributed by atoms with Crippen molar-refractivity contribution in [3.05, 3.63) is 114 Å². The van der Waals surface area contributed by atoms with Gasteiger partial charge < -0.3 is 14.6 Å². The predicted octanol–water partition coefficient (Wildman–Crippen LogP) is 5.93. The quantitative estimate of drug-likeness (QED) is 0.184. The number of rotatable bonds is 12. The number of hydrazone groups is 1. The fourth-order valence-corrected chi connectivity index (χ4v) is 9.94. The molecule has 9 nitrogen and oxygen atoms in total. The van der Waals surface area contributed by atoms with Crippen molar-refractivity contribution in [3.63, 3.8) is 0 Å². The molecular formula is C37H45N5O4Si. The molecule has 5 atom stereocenters. The highest BCUT2D eigenvalue weighted by Gasteiger charge is 2.49. The molecule has 0 bridgehead atoms. The maximum absolute atomic E-state index is 12.7. The first-order valence-electron chi connectivity index (χ1n) is 16.7. The van der Waals surface area contributed by atoms with Crippen LogP contribution in [0.2, 0.25) is 18.6 Å². The minimum atomic E-state index is -2.52. The van der Waals surface area contributed by atoms with Gasteiger partial charge in [0.05, 0.1) is 41.8 Å². The number of amides is 1. The number of aliphatic hydroxyl groups is 1. The van der Waals surface area contributed by atoms with E-state index >= 15 is 0 Å². The van der Waals surface area contributed by atoms with Crippen LogP contribution in [0.3, 0.4) is 0 Å². The zero-order valence-corrected chi connectivity index (χ0v) is 28.4. The Balaban J connectivity index is 1.08. The number of ether oxygens (including phenoxy) is 1. The van der Waals surface area contributed by atoms with Gasteiger partial charge in [0.1, 0.15) is 0 Å². The van der Waals surface area contributed by atoms with E-state index in [-0.39, 0.29) is 42.1 Å². The fourth-order valence-electron chi connectivity index (χ4n) is 7.28. The van der Waals surface area contributed by atoms with Crippen LogP contribution in [0.25, 0.3) is 0 Å². The van der Waals surface area contributed by atoms with Crippen molar-refractivity contribution in [2.75, 3.05) is 11.6 Å². The molecular weight excluding hydrogens is 607 g/mol. The molecule has 0 aliphatic carbocycles. The van der Waals surface area contributed by atoms with E-state index in [0.717, 1.165) is 47.5 Å². The van der Waals surface area contributed by atoms with Gasteiger partial charge >= 0.3 is 0 Å². The number of benzene rings is 3. The van der Waals surface area contributed by atoms with E-state index in [2.05, 4.69) is 29.4 Å². The van der Waals surface area contributed by atoms with Gasteiger partial charge in [0.2, 0.25) is 5.91 Å². The molecule has 3 heterocycles. The van der Waals surface area contributed by atoms with Gasteiger partial charge in [0.25, 0.3) is 0 Å². The summed E-state index contributed by atoms with van der Waals surface area (Å²) < 4.78 is 8.52. The van der Waals surface area contributed by atoms with Crippen molar-refractivity contribution >= 4 is 25.6 Å². The summed E-state index contributed by atoms with van der Waals surface area (Å²) in [6.45, 7) is 6.82. The lowest BCUT2D eigenvalue weighted by atomic mass is 9.95. The van der Waals surface area contributed by atoms with Crippen LogP contribution in [0.5, 0.6) is 0 Å². The molecule has 4 aromatic rings. The molecule has 246 valence electrons. The van der Waals surface area contributed by atoms with Gasteiger partial charge in [-0.15, -0.1) is 5.10 Å². The molecule has 10 heteroatoms. The first kappa shape index (κ1) is 33.0. The van der Waals surface area contributed by atoms with E-state index in [4.69, 9.17) is 9.84 Å². The third-order valence-electron chi connectivity index (χ3n) is 9.70. The zero-order valence-electron chi connectivity index (χ0n) is 27.4. The van der Waals surface area contributed by atoms with E-state index in [1.807, 2.05) is 96.8 Å². The largest absolute Gasteiger partial charge is 0.432 e. The highest BCUT2D eigenvalue weighted by Crippen LogP contribution is 2.45. The van der Waals surface area contributed by atoms with E-state index in [9.17, 15) is 14.7 Å². The van der Waals surface area contributed by atoms with Gasteiger partial charge in [-0.2, -0.15) is 5.10 Å². The molecule has 2 N–H and O–H groups in total. The molecule has 1 amide bonds. The molecule has 3 aromatic carbocycles. The Labute approximate surface area is 278 Å². The van der Waals surface area contributed by atoms with Crippen LogP contribution in [-0.2, 0) is 22.5 Å². The molecule has 0 spiro atoms. The Hall–Kier alpha value is -3.96. The van der Waals surface area contributed by atoms with Crippen LogP contribution in [0.1, 0.15) is 60.9 Å². The summed E-state index contributed by atoms with van der Waals surface area (Å²) in [5, 5.41) is 25.0. The number of hydrogen-bond donors (Lipinski definition) is 2. The second-order valence-electron chi connectivity index (χ2n) is 13.4. The highest BCUT2D eigenvalue weighted by atomic mass is 28.4. The SMILES string of the molecule is C[C@H]1[C@H]([Si](C)(C)O)[C@@H](CCn2cc(C(CO)c3ccccc3)nn2)O[C@H]1CCc1ccc(N2N=C(c3ccccc3)CCC2=O)cc1. The summed E-state index contributed by atoms with van der Waals surface area (Å²) in [6, 6.07) is 28.0. The highest BCUT2D eigenvalue weighted by molar-refractivity contribution is 6.71. The molecule has 47 heavy (non-hydrogen) atoms. The number of aliphatic hydroxyl groups excluding tert-OH is 1. The monoisotopic (exact) mass is 651 g/mol. The summed E-state index contributed by atoms with van der Waals surface area (Å²) >= 11 is 0. The maximum atomic E-state index is 12.7. The summed E-state index contributed by atoms with van der Waals surface area (Å²) in [7, 11) is -2.52. The van der Waals surface area contributed by atoms with E-state index in [1.165, 1.54) is 10.6 Å². The molecule has 2 aliphatic rings. The van der Waals surface area contributed by atoms with Crippen molar-refractivity contribution in [2.24, 2.45) is 11.0 Å². The predicted molar refractivity (Wildman–Crippen MR) is 186 cm³/mol. The number of aryl methyl sites for hydroxylation is 2. The van der Waals surface area contributed by atoms with Gasteiger partial charge in [0.15, 0.2) is 8.32 Å². The van der Waals surface area contributed by atoms with Gasteiger partial charge in [-0.3, -0.25) is 9.48 Å². The van der Waals surface area contributed by atoms with Crippen LogP contribution >= 0.6 is 0 Å². The molecule has 1 unspecified atom stereocenters. The lowest BCUT2D eigenvalue weighted by Gasteiger charge is -2.30. The standard InChI is InChI=1S/C37H45N5O4Si/c1-26-34(20-16-27-14-17-30(18-15-27)42-36(44)21-19-32(39-42)29-12-8-5-9-13-29)46-35(37(26)47(2,3)45)22-23-41-24-33(38-40-41)31(25-43)28-10-6-4-7-11-28/h4-15,17-18,24,26,31,34-35,37,43,45H,16,19-23,25H2,1-3H3/t26-,31?,34+,35-,37+/m1/s1. The zero-order chi connectivity index (χ0) is 33.0. The van der Waals surface area contributed by atoms with Crippen molar-refractivity contribution in [1.82, 2.24) is 15.0 Å². The minimum absolute atomic E-state index is 0.00463. The number of carbonyl (C=O) groups excluding carboxylic acids is 1. The normalized spacial score (nSPS) is 22.4. The van der Waals surface area contributed by atoms with Crippen molar-refractivity contribution in [1.29, 1.82) is 0 Å². The summed E-state index contributed by atoms with van der Waals surface area (Å²) in [4.78, 5) is 24.1. The Morgan fingerprint density at radius 1 is 0.936 bits per heavy atom. The molecule has 0 radical (unpaired) electrons. The second kappa shape index (κ2) is 14.4. The molecule has 1 aromatic heterocycles. The second-order valence-corrected chi connectivity index (χ2v) is 17.4. The Morgan fingerprint density at radius 3 is 2.32 bits per heavy atom. The number of hydrogen-bond acceptors (Lipinski definition) is 7. The minimum Gasteiger partial charge on any atom is -0.432 e. The Morgan fingerprint density at radius 2 is 1.64 bits per heavy atom. The van der Waals surface area contributed by atoms with Gasteiger partial charge in [-0.1, -0.05) is 84.9 Å². The molecule has 6 rings (SSSR count). The van der Waals surface area contributed by atoms with Crippen LogP contribution in [0.4, 0.5) is 5.69 Å². The fraction of sp³-hybridized carbons (Fsp3) is 0.405. The topological polar surface area (TPSA) is 113 Å². The lowest BCUT2D eigenvalue weighted by Crippen LogP contribution is -2.40. The summed E-state index contributed by atoms with van der Waals surface area (Å²) in [5.74, 6) is 0.0123. The average molecular weight is 652 g/mol. The first-order chi connectivity index (χ1) is 22.7. The third-order valence-corrected chi connectivity index (χ3v) is 12.2. The Bertz CT molecular complexity index is 1660. The Kier molecular flexibility index (Phi) is 10.1. The maximum Gasteiger partial charge on any atom is 0.247 e. The number of nitrogens with zero attached hydrogens (tertiary/aromatic N) is 5. The lowest BCUT2D eigenvalue weighted by molar-refractivity contribution is -0.118. The third kappa shape index (κ3) is 7.62. The van der Waals surface area contributed by atoms with E-state index < -0.39 is 8.32 Å². The molecule has 1 fully saturated rings. The van der Waals surface area contributed by atoms with Gasteiger partial charge in [-0.05, 0) is 67.1 Å². The van der Waals surface area contributed by atoms with Crippen LogP contribution < -0.4 is 5.01 Å². The van der Waals surface area contributed by atoms with Crippen LogP contribution in [0.15, 0.2) is 96.2 Å². The average Bonchev–Trinajstić information content (AvgIpc) is 3.68. The molecule has 0 saturated carbocycles. The van der Waals surface area contributed by atoms with Crippen LogP contribution in [0, 0.1) is 5.92 Å². The van der Waals surface area contributed by atoms with Crippen LogP contribution in [-0.4, -0.2) is 63.6 Å². The first-order valence-corrected chi connectivity index (χ1v) is 19.7. The van der Waals surface area contributed by atoms with E-state index in [1.54, 1.807) is 0 Å². The molecule has 2 aliphatic heterocycles. The van der Waals surface area contributed by atoms with Crippen molar-refractivity contribution < 1.29 is 19.4 Å². The summed E-state index contributed by atoms with van der Waals surface area (Å²) in [6.07, 6.45) is 5.37. The summed E-state index contributed by atoms with van der Waals surface area (Å²) in [5.41, 5.74) is 5.77. The molecule has 1 saturated heterocycles.